The Bertz CT molecular complexity index is 611. The average molecular weight is 314 g/mol. The van der Waals surface area contributed by atoms with E-state index in [0.29, 0.717) is 12.0 Å². The van der Waals surface area contributed by atoms with Gasteiger partial charge in [-0.25, -0.2) is 0 Å². The zero-order chi connectivity index (χ0) is 16.0. The summed E-state index contributed by atoms with van der Waals surface area (Å²) in [5, 5.41) is 9.74. The van der Waals surface area contributed by atoms with E-state index in [9.17, 15) is 9.90 Å². The first-order valence-corrected chi connectivity index (χ1v) is 8.94. The molecule has 2 aliphatic heterocycles. The van der Waals surface area contributed by atoms with Crippen molar-refractivity contribution < 1.29 is 9.90 Å². The van der Waals surface area contributed by atoms with Crippen molar-refractivity contribution in [2.45, 2.75) is 50.6 Å². The number of nitrogens with zero attached hydrogens (tertiary/aromatic N) is 2. The number of fused-ring (bicyclic) bond motifs is 1. The van der Waals surface area contributed by atoms with Crippen LogP contribution in [0, 0.1) is 6.92 Å². The SMILES string of the molecule is Cc1cc(C(=O)N2C[C@@H]3CCCN3C[C@@H]2CO)ccc1C1CC1. The van der Waals surface area contributed by atoms with Gasteiger partial charge in [0.05, 0.1) is 12.6 Å². The van der Waals surface area contributed by atoms with Gasteiger partial charge in [-0.05, 0) is 68.3 Å². The molecule has 3 aliphatic rings. The summed E-state index contributed by atoms with van der Waals surface area (Å²) in [6.45, 7) is 4.84. The molecule has 4 rings (SSSR count). The number of carbonyl (C=O) groups is 1. The quantitative estimate of drug-likeness (QED) is 0.930. The highest BCUT2D eigenvalue weighted by atomic mass is 16.3. The van der Waals surface area contributed by atoms with E-state index in [1.165, 1.54) is 36.8 Å². The van der Waals surface area contributed by atoms with E-state index in [1.807, 2.05) is 17.0 Å². The number of piperazine rings is 1. The van der Waals surface area contributed by atoms with Gasteiger partial charge in [-0.2, -0.15) is 0 Å². The third kappa shape index (κ3) is 2.79. The maximum absolute atomic E-state index is 13.0. The average Bonchev–Trinajstić information content (AvgIpc) is 3.30. The fourth-order valence-electron chi connectivity index (χ4n) is 4.32. The Kier molecular flexibility index (Phi) is 3.90. The minimum Gasteiger partial charge on any atom is -0.394 e. The first kappa shape index (κ1) is 15.2. The Labute approximate surface area is 138 Å². The predicted octanol–water partition coefficient (Wildman–Crippen LogP) is 2.15. The van der Waals surface area contributed by atoms with E-state index in [0.717, 1.165) is 25.2 Å². The van der Waals surface area contributed by atoms with Crippen molar-refractivity contribution in [3.63, 3.8) is 0 Å². The highest BCUT2D eigenvalue weighted by Gasteiger charge is 2.38. The molecule has 1 N–H and O–H groups in total. The lowest BCUT2D eigenvalue weighted by atomic mass is 9.99. The molecule has 23 heavy (non-hydrogen) atoms. The predicted molar refractivity (Wildman–Crippen MR) is 89.7 cm³/mol. The fraction of sp³-hybridized carbons (Fsp3) is 0.632. The largest absolute Gasteiger partial charge is 0.394 e. The van der Waals surface area contributed by atoms with E-state index in [2.05, 4.69) is 17.9 Å². The lowest BCUT2D eigenvalue weighted by Gasteiger charge is -2.43. The second-order valence-electron chi connectivity index (χ2n) is 7.43. The highest BCUT2D eigenvalue weighted by molar-refractivity contribution is 5.95. The van der Waals surface area contributed by atoms with Crippen LogP contribution in [0.1, 0.15) is 53.1 Å². The molecule has 0 bridgehead atoms. The van der Waals surface area contributed by atoms with Crippen molar-refractivity contribution in [1.29, 1.82) is 0 Å². The minimum atomic E-state index is -0.0692. The number of amides is 1. The van der Waals surface area contributed by atoms with Crippen LogP contribution in [0.5, 0.6) is 0 Å². The van der Waals surface area contributed by atoms with Crippen molar-refractivity contribution in [2.75, 3.05) is 26.2 Å². The Hall–Kier alpha value is -1.39. The number of hydrogen-bond donors (Lipinski definition) is 1. The maximum atomic E-state index is 13.0. The molecule has 1 saturated carbocycles. The lowest BCUT2D eigenvalue weighted by molar-refractivity contribution is 0.0192. The second-order valence-corrected chi connectivity index (χ2v) is 7.43. The van der Waals surface area contributed by atoms with Gasteiger partial charge in [0.25, 0.3) is 5.91 Å². The van der Waals surface area contributed by atoms with Crippen molar-refractivity contribution in [3.8, 4) is 0 Å². The van der Waals surface area contributed by atoms with E-state index >= 15 is 0 Å². The van der Waals surface area contributed by atoms with Gasteiger partial charge in [-0.15, -0.1) is 0 Å². The summed E-state index contributed by atoms with van der Waals surface area (Å²) >= 11 is 0. The highest BCUT2D eigenvalue weighted by Crippen LogP contribution is 2.41. The monoisotopic (exact) mass is 314 g/mol. The van der Waals surface area contributed by atoms with Crippen LogP contribution in [0.25, 0.3) is 0 Å². The summed E-state index contributed by atoms with van der Waals surface area (Å²) in [5.41, 5.74) is 3.41. The van der Waals surface area contributed by atoms with Crippen LogP contribution >= 0.6 is 0 Å². The van der Waals surface area contributed by atoms with Crippen LogP contribution in [-0.2, 0) is 0 Å². The number of aliphatic hydroxyl groups is 1. The Balaban J connectivity index is 1.55. The standard InChI is InChI=1S/C19H26N2O2/c1-13-9-15(6-7-18(13)14-4-5-14)19(23)21-11-16-3-2-8-20(16)10-17(21)12-22/h6-7,9,14,16-17,22H,2-5,8,10-12H2,1H3/t16-,17+/m0/s1. The lowest BCUT2D eigenvalue weighted by Crippen LogP contribution is -2.59. The smallest absolute Gasteiger partial charge is 0.254 e. The summed E-state index contributed by atoms with van der Waals surface area (Å²) in [7, 11) is 0. The zero-order valence-electron chi connectivity index (χ0n) is 13.9. The molecule has 4 nitrogen and oxygen atoms in total. The second kappa shape index (κ2) is 5.91. The Morgan fingerprint density at radius 2 is 2.09 bits per heavy atom. The van der Waals surface area contributed by atoms with Crippen LogP contribution < -0.4 is 0 Å². The third-order valence-corrected chi connectivity index (χ3v) is 5.80. The molecule has 3 fully saturated rings. The Morgan fingerprint density at radius 1 is 1.26 bits per heavy atom. The van der Waals surface area contributed by atoms with Gasteiger partial charge in [-0.3, -0.25) is 9.69 Å². The molecule has 1 aromatic carbocycles. The molecule has 2 heterocycles. The Morgan fingerprint density at radius 3 is 2.78 bits per heavy atom. The molecule has 0 unspecified atom stereocenters. The summed E-state index contributed by atoms with van der Waals surface area (Å²) < 4.78 is 0. The normalized spacial score (nSPS) is 28.0. The van der Waals surface area contributed by atoms with Gasteiger partial charge in [-0.1, -0.05) is 6.07 Å². The number of hydrogen-bond acceptors (Lipinski definition) is 3. The molecule has 0 spiro atoms. The first-order valence-electron chi connectivity index (χ1n) is 8.94. The molecular weight excluding hydrogens is 288 g/mol. The first-order chi connectivity index (χ1) is 11.2. The molecule has 2 atom stereocenters. The topological polar surface area (TPSA) is 43.8 Å². The summed E-state index contributed by atoms with van der Waals surface area (Å²) in [6.07, 6.45) is 4.94. The van der Waals surface area contributed by atoms with Crippen molar-refractivity contribution in [2.24, 2.45) is 0 Å². The van der Waals surface area contributed by atoms with Crippen molar-refractivity contribution >= 4 is 5.91 Å². The minimum absolute atomic E-state index is 0.0497. The summed E-state index contributed by atoms with van der Waals surface area (Å²) in [4.78, 5) is 17.4. The van der Waals surface area contributed by atoms with Gasteiger partial charge < -0.3 is 10.0 Å². The van der Waals surface area contributed by atoms with Gasteiger partial charge in [0.2, 0.25) is 0 Å². The molecule has 2 saturated heterocycles. The van der Waals surface area contributed by atoms with Crippen LogP contribution in [0.15, 0.2) is 18.2 Å². The molecule has 1 aromatic rings. The van der Waals surface area contributed by atoms with Crippen molar-refractivity contribution in [3.05, 3.63) is 34.9 Å². The molecule has 1 aliphatic carbocycles. The van der Waals surface area contributed by atoms with Gasteiger partial charge in [0.1, 0.15) is 0 Å². The van der Waals surface area contributed by atoms with E-state index in [4.69, 9.17) is 0 Å². The van der Waals surface area contributed by atoms with Crippen LogP contribution in [-0.4, -0.2) is 59.1 Å². The molecule has 0 radical (unpaired) electrons. The number of carbonyl (C=O) groups excluding carboxylic acids is 1. The number of aryl methyl sites for hydroxylation is 1. The zero-order valence-corrected chi connectivity index (χ0v) is 13.9. The van der Waals surface area contributed by atoms with E-state index in [1.54, 1.807) is 0 Å². The van der Waals surface area contributed by atoms with Crippen molar-refractivity contribution in [1.82, 2.24) is 9.80 Å². The van der Waals surface area contributed by atoms with Crippen LogP contribution in [0.4, 0.5) is 0 Å². The van der Waals surface area contributed by atoms with Gasteiger partial charge >= 0.3 is 0 Å². The van der Waals surface area contributed by atoms with E-state index < -0.39 is 0 Å². The molecule has 124 valence electrons. The fourth-order valence-corrected chi connectivity index (χ4v) is 4.32. The molecule has 1 amide bonds. The summed E-state index contributed by atoms with van der Waals surface area (Å²) in [5.74, 6) is 0.799. The number of aliphatic hydroxyl groups excluding tert-OH is 1. The summed E-state index contributed by atoms with van der Waals surface area (Å²) in [6, 6.07) is 6.58. The maximum Gasteiger partial charge on any atom is 0.254 e. The van der Waals surface area contributed by atoms with Gasteiger partial charge in [0.15, 0.2) is 0 Å². The molecular formula is C19H26N2O2. The van der Waals surface area contributed by atoms with Crippen LogP contribution in [0.3, 0.4) is 0 Å². The third-order valence-electron chi connectivity index (χ3n) is 5.80. The number of rotatable bonds is 3. The van der Waals surface area contributed by atoms with Crippen LogP contribution in [0.2, 0.25) is 0 Å². The molecule has 0 aromatic heterocycles. The van der Waals surface area contributed by atoms with Gasteiger partial charge in [0, 0.05) is 24.7 Å². The van der Waals surface area contributed by atoms with E-state index in [-0.39, 0.29) is 18.6 Å². The number of benzene rings is 1. The molecule has 4 heteroatoms.